The van der Waals surface area contributed by atoms with Gasteiger partial charge in [-0.1, -0.05) is 0 Å². The van der Waals surface area contributed by atoms with Crippen LogP contribution >= 0.6 is 0 Å². The van der Waals surface area contributed by atoms with Gasteiger partial charge in [-0.2, -0.15) is 0 Å². The van der Waals surface area contributed by atoms with Crippen molar-refractivity contribution in [3.63, 3.8) is 0 Å². The van der Waals surface area contributed by atoms with Gasteiger partial charge >= 0.3 is 0 Å². The lowest BCUT2D eigenvalue weighted by atomic mass is 10.3. The summed E-state index contributed by atoms with van der Waals surface area (Å²) in [4.78, 5) is 10.8. The SMILES string of the molecule is Cc1cc(=O)c(O)cn1CCF. The van der Waals surface area contributed by atoms with Crippen molar-refractivity contribution in [2.75, 3.05) is 6.67 Å². The Balaban J connectivity index is 3.14. The van der Waals surface area contributed by atoms with Crippen LogP contribution in [-0.4, -0.2) is 16.3 Å². The first-order valence-corrected chi connectivity index (χ1v) is 3.61. The molecule has 0 amide bonds. The lowest BCUT2D eigenvalue weighted by molar-refractivity contribution is 0.425. The van der Waals surface area contributed by atoms with Gasteiger partial charge in [0, 0.05) is 11.8 Å². The van der Waals surface area contributed by atoms with Crippen molar-refractivity contribution < 1.29 is 9.50 Å². The highest BCUT2D eigenvalue weighted by molar-refractivity contribution is 5.19. The van der Waals surface area contributed by atoms with E-state index in [-0.39, 0.29) is 12.3 Å². The third-order valence-electron chi connectivity index (χ3n) is 1.65. The summed E-state index contributed by atoms with van der Waals surface area (Å²) in [6.07, 6.45) is 1.25. The van der Waals surface area contributed by atoms with Crippen molar-refractivity contribution in [2.24, 2.45) is 0 Å². The van der Waals surface area contributed by atoms with E-state index < -0.39 is 12.1 Å². The smallest absolute Gasteiger partial charge is 0.223 e. The predicted octanol–water partition coefficient (Wildman–Crippen LogP) is 0.832. The summed E-state index contributed by atoms with van der Waals surface area (Å²) in [5.41, 5.74) is 0.220. The Morgan fingerprint density at radius 2 is 2.33 bits per heavy atom. The van der Waals surface area contributed by atoms with E-state index >= 15 is 0 Å². The first-order chi connectivity index (χ1) is 5.65. The maximum Gasteiger partial charge on any atom is 0.223 e. The monoisotopic (exact) mass is 171 g/mol. The van der Waals surface area contributed by atoms with Crippen LogP contribution in [0.5, 0.6) is 5.75 Å². The van der Waals surface area contributed by atoms with Gasteiger partial charge in [0.15, 0.2) is 5.75 Å². The van der Waals surface area contributed by atoms with Crippen LogP contribution in [0.3, 0.4) is 0 Å². The number of hydrogen-bond acceptors (Lipinski definition) is 2. The molecule has 1 rings (SSSR count). The quantitative estimate of drug-likeness (QED) is 0.716. The highest BCUT2D eigenvalue weighted by Gasteiger charge is 2.00. The van der Waals surface area contributed by atoms with Crippen LogP contribution in [0.1, 0.15) is 5.69 Å². The van der Waals surface area contributed by atoms with E-state index in [4.69, 9.17) is 5.11 Å². The fraction of sp³-hybridized carbons (Fsp3) is 0.375. The van der Waals surface area contributed by atoms with Crippen LogP contribution in [0.4, 0.5) is 4.39 Å². The van der Waals surface area contributed by atoms with Crippen LogP contribution in [0.15, 0.2) is 17.1 Å². The van der Waals surface area contributed by atoms with Crippen molar-refractivity contribution in [3.8, 4) is 5.75 Å². The summed E-state index contributed by atoms with van der Waals surface area (Å²) in [7, 11) is 0. The normalized spacial score (nSPS) is 10.2. The molecule has 0 saturated carbocycles. The summed E-state index contributed by atoms with van der Waals surface area (Å²) >= 11 is 0. The van der Waals surface area contributed by atoms with Crippen LogP contribution in [0.2, 0.25) is 0 Å². The van der Waals surface area contributed by atoms with Gasteiger partial charge in [-0.15, -0.1) is 0 Å². The molecule has 1 aromatic heterocycles. The number of nitrogens with zero attached hydrogens (tertiary/aromatic N) is 1. The summed E-state index contributed by atoms with van der Waals surface area (Å²) in [6.45, 7) is 1.35. The highest BCUT2D eigenvalue weighted by Crippen LogP contribution is 2.03. The Morgan fingerprint density at radius 3 is 2.92 bits per heavy atom. The molecule has 0 spiro atoms. The van der Waals surface area contributed by atoms with Crippen LogP contribution < -0.4 is 5.43 Å². The number of rotatable bonds is 2. The molecule has 1 heterocycles. The molecule has 0 saturated heterocycles. The standard InChI is InChI=1S/C8H10FNO2/c1-6-4-7(11)8(12)5-10(6)3-2-9/h4-5,12H,2-3H2,1H3. The maximum absolute atomic E-state index is 11.9. The summed E-state index contributed by atoms with van der Waals surface area (Å²) in [5.74, 6) is -0.339. The van der Waals surface area contributed by atoms with Gasteiger partial charge < -0.3 is 9.67 Å². The molecule has 66 valence electrons. The van der Waals surface area contributed by atoms with Gasteiger partial charge in [0.25, 0.3) is 0 Å². The molecule has 0 atom stereocenters. The second-order valence-corrected chi connectivity index (χ2v) is 2.55. The Morgan fingerprint density at radius 1 is 1.67 bits per heavy atom. The van der Waals surface area contributed by atoms with E-state index in [9.17, 15) is 9.18 Å². The molecule has 0 bridgehead atoms. The summed E-state index contributed by atoms with van der Waals surface area (Å²) in [6, 6.07) is 1.28. The largest absolute Gasteiger partial charge is 0.503 e. The number of aromatic hydroxyl groups is 1. The predicted molar refractivity (Wildman–Crippen MR) is 43.1 cm³/mol. The van der Waals surface area contributed by atoms with E-state index in [1.165, 1.54) is 16.8 Å². The molecule has 12 heavy (non-hydrogen) atoms. The minimum absolute atomic E-state index is 0.166. The van der Waals surface area contributed by atoms with Gasteiger partial charge in [-0.05, 0) is 6.92 Å². The van der Waals surface area contributed by atoms with Gasteiger partial charge in [0.05, 0.1) is 12.7 Å². The molecule has 0 aromatic carbocycles. The molecule has 0 aliphatic heterocycles. The third-order valence-corrected chi connectivity index (χ3v) is 1.65. The molecule has 3 nitrogen and oxygen atoms in total. The fourth-order valence-electron chi connectivity index (χ4n) is 0.992. The average Bonchev–Trinajstić information content (AvgIpc) is 2.01. The second kappa shape index (κ2) is 3.38. The molecular weight excluding hydrogens is 161 g/mol. The number of aromatic nitrogens is 1. The Bertz CT molecular complexity index is 332. The average molecular weight is 171 g/mol. The second-order valence-electron chi connectivity index (χ2n) is 2.55. The maximum atomic E-state index is 11.9. The van der Waals surface area contributed by atoms with Crippen molar-refractivity contribution in [3.05, 3.63) is 28.2 Å². The first-order valence-electron chi connectivity index (χ1n) is 3.61. The zero-order valence-electron chi connectivity index (χ0n) is 6.75. The number of aryl methyl sites for hydroxylation is 2. The summed E-state index contributed by atoms with van der Waals surface area (Å²) in [5, 5.41) is 9.00. The van der Waals surface area contributed by atoms with E-state index in [0.717, 1.165) is 0 Å². The lowest BCUT2D eigenvalue weighted by Crippen LogP contribution is -2.10. The number of halogens is 1. The third kappa shape index (κ3) is 1.64. The number of alkyl halides is 1. The Labute approximate surface area is 69.1 Å². The number of pyridine rings is 1. The molecule has 1 aromatic rings. The molecule has 0 aliphatic rings. The minimum atomic E-state index is -0.511. The highest BCUT2D eigenvalue weighted by atomic mass is 19.1. The Hall–Kier alpha value is -1.32. The van der Waals surface area contributed by atoms with Gasteiger partial charge in [-0.25, -0.2) is 4.39 Å². The molecule has 0 unspecified atom stereocenters. The minimum Gasteiger partial charge on any atom is -0.503 e. The van der Waals surface area contributed by atoms with Gasteiger partial charge in [0.2, 0.25) is 5.43 Å². The molecule has 4 heteroatoms. The zero-order valence-corrected chi connectivity index (χ0v) is 6.75. The van der Waals surface area contributed by atoms with Gasteiger partial charge in [-0.3, -0.25) is 4.79 Å². The molecule has 0 aliphatic carbocycles. The van der Waals surface area contributed by atoms with E-state index in [2.05, 4.69) is 0 Å². The zero-order chi connectivity index (χ0) is 9.14. The van der Waals surface area contributed by atoms with E-state index in [0.29, 0.717) is 5.69 Å². The van der Waals surface area contributed by atoms with Crippen molar-refractivity contribution >= 4 is 0 Å². The molecule has 0 radical (unpaired) electrons. The Kier molecular flexibility index (Phi) is 2.47. The van der Waals surface area contributed by atoms with Crippen LogP contribution in [-0.2, 0) is 6.54 Å². The number of hydrogen-bond donors (Lipinski definition) is 1. The topological polar surface area (TPSA) is 42.2 Å². The van der Waals surface area contributed by atoms with E-state index in [1.54, 1.807) is 6.92 Å². The van der Waals surface area contributed by atoms with Gasteiger partial charge in [0.1, 0.15) is 6.67 Å². The lowest BCUT2D eigenvalue weighted by Gasteiger charge is -2.07. The van der Waals surface area contributed by atoms with Crippen molar-refractivity contribution in [2.45, 2.75) is 13.5 Å². The van der Waals surface area contributed by atoms with Crippen LogP contribution in [0, 0.1) is 6.92 Å². The molecular formula is C8H10FNO2. The van der Waals surface area contributed by atoms with Crippen LogP contribution in [0.25, 0.3) is 0 Å². The molecule has 1 N–H and O–H groups in total. The van der Waals surface area contributed by atoms with Crippen molar-refractivity contribution in [1.29, 1.82) is 0 Å². The molecule has 0 fully saturated rings. The first kappa shape index (κ1) is 8.77. The summed E-state index contributed by atoms with van der Waals surface area (Å²) < 4.78 is 13.4. The fourth-order valence-corrected chi connectivity index (χ4v) is 0.992. The van der Waals surface area contributed by atoms with Crippen molar-refractivity contribution in [1.82, 2.24) is 4.57 Å². The van der Waals surface area contributed by atoms with E-state index in [1.807, 2.05) is 0 Å².